The van der Waals surface area contributed by atoms with E-state index in [4.69, 9.17) is 11.6 Å². The average Bonchev–Trinajstić information content (AvgIpc) is 3.84. The number of carbonyl (C=O) groups excluding carboxylic acids is 1. The number of fused-ring (bicyclic) bond motifs is 1. The molecule has 2 fully saturated rings. The number of benzene rings is 1. The third-order valence-corrected chi connectivity index (χ3v) is 10.6. The van der Waals surface area contributed by atoms with Gasteiger partial charge >= 0.3 is 5.69 Å². The van der Waals surface area contributed by atoms with Crippen molar-refractivity contribution in [3.8, 4) is 22.7 Å². The minimum Gasteiger partial charge on any atom is -0.507 e. The number of hydrogen-bond donors (Lipinski definition) is 1. The summed E-state index contributed by atoms with van der Waals surface area (Å²) >= 11 is 6.69. The number of rotatable bonds is 6. The summed E-state index contributed by atoms with van der Waals surface area (Å²) in [6.07, 6.45) is 3.60. The molecule has 1 aliphatic carbocycles. The van der Waals surface area contributed by atoms with Crippen molar-refractivity contribution in [1.82, 2.24) is 24.4 Å². The van der Waals surface area contributed by atoms with Crippen molar-refractivity contribution in [3.63, 3.8) is 0 Å². The van der Waals surface area contributed by atoms with Crippen molar-refractivity contribution in [3.05, 3.63) is 76.2 Å². The maximum atomic E-state index is 15.1. The van der Waals surface area contributed by atoms with Crippen molar-refractivity contribution >= 4 is 44.2 Å². The zero-order valence-corrected chi connectivity index (χ0v) is 25.4. The molecule has 0 unspecified atom stereocenters. The molecule has 11 nitrogen and oxygen atoms in total. The van der Waals surface area contributed by atoms with Crippen LogP contribution < -0.4 is 10.6 Å². The van der Waals surface area contributed by atoms with Crippen LogP contribution in [-0.2, 0) is 14.6 Å². The lowest BCUT2D eigenvalue weighted by Crippen LogP contribution is -2.54. The molecule has 14 heteroatoms. The monoisotopic (exact) mass is 638 g/mol. The number of amides is 1. The molecule has 1 aliphatic heterocycles. The second-order valence-electron chi connectivity index (χ2n) is 10.9. The van der Waals surface area contributed by atoms with Gasteiger partial charge in [-0.05, 0) is 57.0 Å². The van der Waals surface area contributed by atoms with Crippen LogP contribution >= 0.6 is 11.6 Å². The molecule has 1 amide bonds. The van der Waals surface area contributed by atoms with Crippen LogP contribution in [0.3, 0.4) is 0 Å². The molecule has 4 heterocycles. The molecule has 1 saturated heterocycles. The Morgan fingerprint density at radius 1 is 1.20 bits per heavy atom. The average molecular weight is 639 g/mol. The lowest BCUT2D eigenvalue weighted by atomic mass is 10.1. The Hall–Kier alpha value is -4.36. The van der Waals surface area contributed by atoms with Crippen molar-refractivity contribution in [2.45, 2.75) is 42.9 Å². The fourth-order valence-electron chi connectivity index (χ4n) is 5.64. The number of pyridine rings is 2. The second-order valence-corrected chi connectivity index (χ2v) is 13.5. The van der Waals surface area contributed by atoms with Gasteiger partial charge in [-0.3, -0.25) is 9.78 Å². The number of aromatic hydroxyl groups is 1. The summed E-state index contributed by atoms with van der Waals surface area (Å²) < 4.78 is 43.2. The smallest absolute Gasteiger partial charge is 0.355 e. The fraction of sp³-hybridized carbons (Fsp3) is 0.300. The maximum Gasteiger partial charge on any atom is 0.355 e. The third kappa shape index (κ3) is 4.89. The predicted molar refractivity (Wildman–Crippen MR) is 164 cm³/mol. The number of piperazine rings is 1. The predicted octanol–water partition coefficient (Wildman–Crippen LogP) is 3.81. The number of sulfone groups is 1. The van der Waals surface area contributed by atoms with Gasteiger partial charge in [0, 0.05) is 31.9 Å². The summed E-state index contributed by atoms with van der Waals surface area (Å²) in [5.41, 5.74) is -1.10. The normalized spacial score (nSPS) is 17.2. The van der Waals surface area contributed by atoms with E-state index < -0.39 is 32.3 Å². The molecule has 6 rings (SSSR count). The van der Waals surface area contributed by atoms with Gasteiger partial charge in [-0.1, -0.05) is 24.2 Å². The molecule has 4 aromatic rings. The molecule has 0 bridgehead atoms. The van der Waals surface area contributed by atoms with Gasteiger partial charge < -0.3 is 14.9 Å². The van der Waals surface area contributed by atoms with Crippen LogP contribution in [0.25, 0.3) is 28.0 Å². The highest BCUT2D eigenvalue weighted by Gasteiger charge is 2.40. The molecule has 1 aromatic carbocycles. The van der Waals surface area contributed by atoms with Gasteiger partial charge in [-0.25, -0.2) is 27.2 Å². The van der Waals surface area contributed by atoms with Crippen LogP contribution in [0.5, 0.6) is 5.75 Å². The van der Waals surface area contributed by atoms with E-state index in [1.54, 1.807) is 11.8 Å². The Morgan fingerprint density at radius 2 is 1.95 bits per heavy atom. The molecular formula is C30H28ClFN6O5S. The molecule has 228 valence electrons. The minimum absolute atomic E-state index is 0.0126. The number of nitrogens with zero attached hydrogens (tertiary/aromatic N) is 6. The summed E-state index contributed by atoms with van der Waals surface area (Å²) in [4.78, 5) is 43.0. The molecule has 0 radical (unpaired) electrons. The first-order valence-corrected chi connectivity index (χ1v) is 15.9. The first-order chi connectivity index (χ1) is 20.9. The Labute approximate surface area is 257 Å². The Kier molecular flexibility index (Phi) is 7.41. The van der Waals surface area contributed by atoms with Gasteiger partial charge in [-0.15, -0.1) is 0 Å². The van der Waals surface area contributed by atoms with Crippen LogP contribution in [0.4, 0.5) is 10.2 Å². The number of aryl methyl sites for hydroxylation is 1. The Bertz CT molecular complexity index is 2010. The molecule has 1 saturated carbocycles. The third-order valence-electron chi connectivity index (χ3n) is 7.98. The quantitative estimate of drug-likeness (QED) is 0.312. The fourth-order valence-corrected chi connectivity index (χ4v) is 7.77. The van der Waals surface area contributed by atoms with E-state index in [1.165, 1.54) is 36.5 Å². The SMILES string of the molecule is C=CC(=O)N1CCN(c2nc(=O)n(-c3c(S(=O)(=O)C4CC4)ccnc3C)c3nc(-c4c(O)cccc4F)c(Cl)cc23)[C@@H](C)C1. The first-order valence-electron chi connectivity index (χ1n) is 13.9. The van der Waals surface area contributed by atoms with Crippen LogP contribution in [0, 0.1) is 12.7 Å². The first kappa shape index (κ1) is 29.7. The lowest BCUT2D eigenvalue weighted by Gasteiger charge is -2.40. The summed E-state index contributed by atoms with van der Waals surface area (Å²) in [5.74, 6) is -1.23. The van der Waals surface area contributed by atoms with Crippen molar-refractivity contribution in [1.29, 1.82) is 0 Å². The van der Waals surface area contributed by atoms with E-state index in [0.717, 1.165) is 10.6 Å². The van der Waals surface area contributed by atoms with E-state index >= 15 is 4.39 Å². The number of phenols is 1. The Balaban J connectivity index is 1.66. The van der Waals surface area contributed by atoms with E-state index in [0.29, 0.717) is 32.5 Å². The highest BCUT2D eigenvalue weighted by atomic mass is 35.5. The molecule has 0 spiro atoms. The molecule has 44 heavy (non-hydrogen) atoms. The second kappa shape index (κ2) is 11.0. The van der Waals surface area contributed by atoms with Crippen molar-refractivity contribution < 1.29 is 22.7 Å². The maximum absolute atomic E-state index is 15.1. The Morgan fingerprint density at radius 3 is 2.61 bits per heavy atom. The summed E-state index contributed by atoms with van der Waals surface area (Å²) in [6, 6.07) is 6.27. The molecule has 3 aromatic heterocycles. The summed E-state index contributed by atoms with van der Waals surface area (Å²) in [5, 5.41) is 10.2. The van der Waals surface area contributed by atoms with Crippen LogP contribution in [-0.4, -0.2) is 74.8 Å². The summed E-state index contributed by atoms with van der Waals surface area (Å²) in [7, 11) is -3.83. The molecule has 2 aliphatic rings. The minimum atomic E-state index is -3.83. The topological polar surface area (TPSA) is 139 Å². The molecular weight excluding hydrogens is 611 g/mol. The number of hydrogen-bond acceptors (Lipinski definition) is 9. The van der Waals surface area contributed by atoms with Crippen LogP contribution in [0.15, 0.2) is 58.9 Å². The van der Waals surface area contributed by atoms with Crippen LogP contribution in [0.2, 0.25) is 5.02 Å². The summed E-state index contributed by atoms with van der Waals surface area (Å²) in [6.45, 7) is 7.96. The lowest BCUT2D eigenvalue weighted by molar-refractivity contribution is -0.126. The van der Waals surface area contributed by atoms with E-state index in [-0.39, 0.29) is 61.4 Å². The highest BCUT2D eigenvalue weighted by molar-refractivity contribution is 7.92. The van der Waals surface area contributed by atoms with Gasteiger partial charge in [0.2, 0.25) is 5.91 Å². The van der Waals surface area contributed by atoms with Crippen molar-refractivity contribution in [2.24, 2.45) is 0 Å². The van der Waals surface area contributed by atoms with Gasteiger partial charge in [0.25, 0.3) is 0 Å². The van der Waals surface area contributed by atoms with Gasteiger partial charge in [-0.2, -0.15) is 4.98 Å². The van der Waals surface area contributed by atoms with Crippen LogP contribution in [0.1, 0.15) is 25.5 Å². The van der Waals surface area contributed by atoms with E-state index in [1.807, 2.05) is 11.8 Å². The van der Waals surface area contributed by atoms with Gasteiger partial charge in [0.1, 0.15) is 17.4 Å². The van der Waals surface area contributed by atoms with Gasteiger partial charge in [0.05, 0.1) is 43.2 Å². The highest BCUT2D eigenvalue weighted by Crippen LogP contribution is 2.40. The number of halogens is 2. The zero-order valence-electron chi connectivity index (χ0n) is 23.9. The standard InChI is InChI=1S/C30H28ClFN6O5S/c1-4-24(40)36-12-13-37(16(2)15-36)28-19-14-20(31)26(25-21(32)6-5-7-22(25)39)34-29(19)38(30(41)35-28)27-17(3)33-11-10-23(27)44(42,43)18-8-9-18/h4-7,10-11,14,16,18,39H,1,8-9,12-13,15H2,2-3H3/t16-/m0/s1. The largest absolute Gasteiger partial charge is 0.507 e. The van der Waals surface area contributed by atoms with Gasteiger partial charge in [0.15, 0.2) is 15.5 Å². The molecule has 1 atom stereocenters. The van der Waals surface area contributed by atoms with E-state index in [2.05, 4.69) is 21.5 Å². The molecule has 1 N–H and O–H groups in total. The van der Waals surface area contributed by atoms with Crippen molar-refractivity contribution in [2.75, 3.05) is 24.5 Å². The number of anilines is 1. The number of phenolic OH excluding ortho intramolecular Hbond substituents is 1. The van der Waals surface area contributed by atoms with E-state index in [9.17, 15) is 23.1 Å². The number of aromatic nitrogens is 4. The zero-order chi connectivity index (χ0) is 31.5. The number of carbonyl (C=O) groups is 1.